The molecule has 0 bridgehead atoms. The zero-order chi connectivity index (χ0) is 7.73. The monoisotopic (exact) mass is 144 g/mol. The van der Waals surface area contributed by atoms with Gasteiger partial charge in [-0.1, -0.05) is 55.5 Å². The van der Waals surface area contributed by atoms with Crippen molar-refractivity contribution in [3.8, 4) is 0 Å². The summed E-state index contributed by atoms with van der Waals surface area (Å²) >= 11 is 0. The van der Waals surface area contributed by atoms with Gasteiger partial charge in [-0.15, -0.1) is 0 Å². The van der Waals surface area contributed by atoms with Crippen LogP contribution in [0.5, 0.6) is 0 Å². The smallest absolute Gasteiger partial charge is 0.0136 e. The molecule has 0 aromatic heterocycles. The van der Waals surface area contributed by atoms with Gasteiger partial charge in [0, 0.05) is 11.3 Å². The van der Waals surface area contributed by atoms with Crippen molar-refractivity contribution < 1.29 is 0 Å². The Kier molecular flexibility index (Phi) is 1.35. The Bertz CT molecular complexity index is 240. The molecular formula is C11H12. The van der Waals surface area contributed by atoms with Crippen LogP contribution >= 0.6 is 0 Å². The molecule has 0 saturated carbocycles. The van der Waals surface area contributed by atoms with Crippen LogP contribution < -0.4 is 0 Å². The van der Waals surface area contributed by atoms with Gasteiger partial charge in [0.25, 0.3) is 0 Å². The van der Waals surface area contributed by atoms with E-state index in [-0.39, 0.29) is 5.41 Å². The van der Waals surface area contributed by atoms with Crippen LogP contribution in [0.3, 0.4) is 0 Å². The van der Waals surface area contributed by atoms with Crippen LogP contribution in [0.15, 0.2) is 48.6 Å². The van der Waals surface area contributed by atoms with Crippen LogP contribution in [0.4, 0.5) is 0 Å². The van der Waals surface area contributed by atoms with Gasteiger partial charge in [0.1, 0.15) is 0 Å². The van der Waals surface area contributed by atoms with Crippen LogP contribution in [0, 0.1) is 11.3 Å². The van der Waals surface area contributed by atoms with Crippen LogP contribution in [0.2, 0.25) is 0 Å². The van der Waals surface area contributed by atoms with Crippen molar-refractivity contribution in [2.75, 3.05) is 0 Å². The predicted molar refractivity (Wildman–Crippen MR) is 48.2 cm³/mol. The minimum Gasteiger partial charge on any atom is -0.0764 e. The Morgan fingerprint density at radius 2 is 1.45 bits per heavy atom. The molecule has 0 heteroatoms. The SMILES string of the molecule is CC1(C2C=CC=C2)C=CC=C1. The van der Waals surface area contributed by atoms with Gasteiger partial charge in [-0.3, -0.25) is 0 Å². The fourth-order valence-electron chi connectivity index (χ4n) is 1.65. The van der Waals surface area contributed by atoms with E-state index >= 15 is 0 Å². The molecule has 0 unspecified atom stereocenters. The topological polar surface area (TPSA) is 0 Å². The highest BCUT2D eigenvalue weighted by Gasteiger charge is 2.27. The first-order chi connectivity index (χ1) is 5.31. The summed E-state index contributed by atoms with van der Waals surface area (Å²) in [6.45, 7) is 2.26. The van der Waals surface area contributed by atoms with Crippen molar-refractivity contribution in [2.45, 2.75) is 6.92 Å². The number of hydrogen-bond donors (Lipinski definition) is 0. The Morgan fingerprint density at radius 3 is 2.00 bits per heavy atom. The van der Waals surface area contributed by atoms with Crippen LogP contribution in [-0.4, -0.2) is 0 Å². The van der Waals surface area contributed by atoms with Gasteiger partial charge >= 0.3 is 0 Å². The molecule has 56 valence electrons. The molecule has 2 aliphatic rings. The van der Waals surface area contributed by atoms with Gasteiger partial charge in [-0.25, -0.2) is 0 Å². The summed E-state index contributed by atoms with van der Waals surface area (Å²) in [5.74, 6) is 0.567. The summed E-state index contributed by atoms with van der Waals surface area (Å²) in [7, 11) is 0. The van der Waals surface area contributed by atoms with E-state index in [0.29, 0.717) is 5.92 Å². The Hall–Kier alpha value is -1.04. The molecule has 0 aromatic carbocycles. The van der Waals surface area contributed by atoms with E-state index in [1.165, 1.54) is 0 Å². The number of allylic oxidation sites excluding steroid dienone is 8. The van der Waals surface area contributed by atoms with Crippen LogP contribution in [-0.2, 0) is 0 Å². The number of rotatable bonds is 1. The third kappa shape index (κ3) is 0.988. The van der Waals surface area contributed by atoms with E-state index in [9.17, 15) is 0 Å². The second-order valence-corrected chi connectivity index (χ2v) is 3.38. The molecule has 2 rings (SSSR count). The zero-order valence-electron chi connectivity index (χ0n) is 6.70. The van der Waals surface area contributed by atoms with Crippen molar-refractivity contribution >= 4 is 0 Å². The fraction of sp³-hybridized carbons (Fsp3) is 0.273. The Morgan fingerprint density at radius 1 is 0.909 bits per heavy atom. The molecule has 0 atom stereocenters. The normalized spacial score (nSPS) is 25.5. The first-order valence-corrected chi connectivity index (χ1v) is 4.03. The minimum absolute atomic E-state index is 0.240. The summed E-state index contributed by atoms with van der Waals surface area (Å²) < 4.78 is 0. The van der Waals surface area contributed by atoms with Gasteiger partial charge in [0.2, 0.25) is 0 Å². The average Bonchev–Trinajstić information content (AvgIpc) is 2.55. The highest BCUT2D eigenvalue weighted by atomic mass is 14.3. The molecule has 0 spiro atoms. The molecule has 0 aromatic rings. The van der Waals surface area contributed by atoms with E-state index in [1.807, 2.05) is 0 Å². The van der Waals surface area contributed by atoms with Crippen molar-refractivity contribution in [1.82, 2.24) is 0 Å². The maximum atomic E-state index is 2.26. The van der Waals surface area contributed by atoms with Crippen LogP contribution in [0.25, 0.3) is 0 Å². The second kappa shape index (κ2) is 2.23. The first kappa shape index (κ1) is 6.66. The summed E-state index contributed by atoms with van der Waals surface area (Å²) in [6.07, 6.45) is 17.5. The van der Waals surface area contributed by atoms with Crippen molar-refractivity contribution in [2.24, 2.45) is 11.3 Å². The lowest BCUT2D eigenvalue weighted by Gasteiger charge is -2.24. The third-order valence-electron chi connectivity index (χ3n) is 2.49. The van der Waals surface area contributed by atoms with E-state index in [2.05, 4.69) is 55.5 Å². The largest absolute Gasteiger partial charge is 0.0764 e. The maximum absolute atomic E-state index is 2.26. The zero-order valence-corrected chi connectivity index (χ0v) is 6.70. The van der Waals surface area contributed by atoms with Gasteiger partial charge in [-0.2, -0.15) is 0 Å². The molecule has 0 saturated heterocycles. The van der Waals surface area contributed by atoms with Crippen molar-refractivity contribution in [3.63, 3.8) is 0 Å². The Labute approximate surface area is 67.6 Å². The van der Waals surface area contributed by atoms with Gasteiger partial charge < -0.3 is 0 Å². The average molecular weight is 144 g/mol. The van der Waals surface area contributed by atoms with Gasteiger partial charge in [-0.05, 0) is 0 Å². The second-order valence-electron chi connectivity index (χ2n) is 3.38. The predicted octanol–water partition coefficient (Wildman–Crippen LogP) is 2.86. The molecule has 0 radical (unpaired) electrons. The first-order valence-electron chi connectivity index (χ1n) is 4.03. The lowest BCUT2D eigenvalue weighted by molar-refractivity contribution is 0.473. The van der Waals surface area contributed by atoms with Gasteiger partial charge in [0.05, 0.1) is 0 Å². The lowest BCUT2D eigenvalue weighted by Crippen LogP contribution is -2.16. The third-order valence-corrected chi connectivity index (χ3v) is 2.49. The summed E-state index contributed by atoms with van der Waals surface area (Å²) in [5.41, 5.74) is 0.240. The quantitative estimate of drug-likeness (QED) is 0.531. The van der Waals surface area contributed by atoms with E-state index in [0.717, 1.165) is 0 Å². The highest BCUT2D eigenvalue weighted by molar-refractivity contribution is 5.32. The molecular weight excluding hydrogens is 132 g/mol. The Balaban J connectivity index is 2.27. The summed E-state index contributed by atoms with van der Waals surface area (Å²) in [6, 6.07) is 0. The highest BCUT2D eigenvalue weighted by Crippen LogP contribution is 2.37. The standard InChI is InChI=1S/C11H12/c1-11(8-4-5-9-11)10-6-2-3-7-10/h2-10H,1H3. The molecule has 0 N–H and O–H groups in total. The molecule has 0 amide bonds. The molecule has 0 aliphatic heterocycles. The lowest BCUT2D eigenvalue weighted by atomic mass is 9.79. The molecule has 0 heterocycles. The van der Waals surface area contributed by atoms with Crippen LogP contribution in [0.1, 0.15) is 6.92 Å². The maximum Gasteiger partial charge on any atom is 0.0136 e. The molecule has 0 nitrogen and oxygen atoms in total. The van der Waals surface area contributed by atoms with Crippen molar-refractivity contribution in [1.29, 1.82) is 0 Å². The number of hydrogen-bond acceptors (Lipinski definition) is 0. The van der Waals surface area contributed by atoms with Crippen molar-refractivity contribution in [3.05, 3.63) is 48.6 Å². The molecule has 2 aliphatic carbocycles. The molecule has 11 heavy (non-hydrogen) atoms. The fourth-order valence-corrected chi connectivity index (χ4v) is 1.65. The summed E-state index contributed by atoms with van der Waals surface area (Å²) in [5, 5.41) is 0. The van der Waals surface area contributed by atoms with E-state index < -0.39 is 0 Å². The van der Waals surface area contributed by atoms with Gasteiger partial charge in [0.15, 0.2) is 0 Å². The molecule has 0 fully saturated rings. The van der Waals surface area contributed by atoms with E-state index in [1.54, 1.807) is 0 Å². The van der Waals surface area contributed by atoms with E-state index in [4.69, 9.17) is 0 Å². The minimum atomic E-state index is 0.240. The summed E-state index contributed by atoms with van der Waals surface area (Å²) in [4.78, 5) is 0.